The summed E-state index contributed by atoms with van der Waals surface area (Å²) in [5.41, 5.74) is 4.97. The van der Waals surface area contributed by atoms with E-state index in [2.05, 4.69) is 39.6 Å². The van der Waals surface area contributed by atoms with E-state index in [-0.39, 0.29) is 16.0 Å². The predicted octanol–water partition coefficient (Wildman–Crippen LogP) is 6.31. The van der Waals surface area contributed by atoms with Crippen molar-refractivity contribution in [2.75, 3.05) is 78.4 Å². The monoisotopic (exact) mass is 601 g/mol. The fourth-order valence-corrected chi connectivity index (χ4v) is 5.19. The van der Waals surface area contributed by atoms with E-state index in [9.17, 15) is 4.79 Å². The molecule has 1 aromatic heterocycles. The van der Waals surface area contributed by atoms with E-state index in [0.29, 0.717) is 74.0 Å². The van der Waals surface area contributed by atoms with Crippen LogP contribution in [0.1, 0.15) is 4.28 Å². The maximum Gasteiger partial charge on any atom is 0.247 e. The molecule has 0 aliphatic carbocycles. The number of hydrogen-bond acceptors (Lipinski definition) is 9. The number of rotatable bonds is 9. The van der Waals surface area contributed by atoms with E-state index in [1.807, 2.05) is 41.3 Å². The first-order chi connectivity index (χ1) is 21.5. The maximum absolute atomic E-state index is 15.2. The highest BCUT2D eigenvalue weighted by Gasteiger charge is 2.17. The lowest BCUT2D eigenvalue weighted by molar-refractivity contribution is -0.111. The average molecular weight is 602 g/mol. The molecule has 0 atom stereocenters. The fraction of sp³-hybridized carbons (Fsp3) is 0.242. The Labute approximate surface area is 260 Å². The second-order valence-corrected chi connectivity index (χ2v) is 10.4. The van der Waals surface area contributed by atoms with Gasteiger partial charge in [-0.25, -0.2) is 9.37 Å². The predicted molar refractivity (Wildman–Crippen MR) is 178 cm³/mol. The maximum atomic E-state index is 15.2. The summed E-state index contributed by atoms with van der Waals surface area (Å²) in [6.45, 7) is 9.00. The van der Waals surface area contributed by atoms with Gasteiger partial charge in [-0.2, -0.15) is 4.98 Å². The number of aromatic nitrogens is 2. The zero-order valence-corrected chi connectivity index (χ0v) is 24.3. The van der Waals surface area contributed by atoms with Gasteiger partial charge >= 0.3 is 0 Å². The number of carbonyl (C=O) groups is 1. The largest absolute Gasteiger partial charge is 0.378 e. The van der Waals surface area contributed by atoms with Crippen LogP contribution < -0.4 is 25.8 Å². The minimum atomic E-state index is -0.324. The number of nitrogens with zero attached hydrogens (tertiary/aromatic N) is 4. The van der Waals surface area contributed by atoms with Gasteiger partial charge < -0.3 is 35.2 Å². The molecule has 3 aromatic carbocycles. The molecule has 44 heavy (non-hydrogen) atoms. The van der Waals surface area contributed by atoms with E-state index >= 15 is 4.39 Å². The summed E-state index contributed by atoms with van der Waals surface area (Å²) in [7, 11) is 0. The number of benzene rings is 3. The van der Waals surface area contributed by atoms with E-state index in [0.717, 1.165) is 30.0 Å². The molecule has 2 aliphatic rings. The Kier molecular flexibility index (Phi) is 8.95. The van der Waals surface area contributed by atoms with Gasteiger partial charge in [0.25, 0.3) is 0 Å². The van der Waals surface area contributed by atoms with Gasteiger partial charge in [-0.1, -0.05) is 24.8 Å². The van der Waals surface area contributed by atoms with Crippen LogP contribution in [0.25, 0.3) is 11.3 Å². The molecule has 2 saturated heterocycles. The second-order valence-electron chi connectivity index (χ2n) is 10.4. The van der Waals surface area contributed by atoms with Gasteiger partial charge in [0.05, 0.1) is 37.8 Å². The topological polar surface area (TPSA) is 104 Å². The molecule has 0 spiro atoms. The third-order valence-electron chi connectivity index (χ3n) is 7.39. The first-order valence-corrected chi connectivity index (χ1v) is 14.6. The molecule has 4 aromatic rings. The first-order valence-electron chi connectivity index (χ1n) is 14.6. The minimum Gasteiger partial charge on any atom is -0.378 e. The molecule has 3 N–H and O–H groups in total. The SMILES string of the molecule is C=CC(=O)Nc1cccc(-c2cc(Nc3ccc(N4CCOCC4)c(F)c3)nc(Nc3cccc(N4CCOCC4)c3)n2)c1.[HH].[HH].[HH]. The van der Waals surface area contributed by atoms with Crippen LogP contribution in [0.15, 0.2) is 85.5 Å². The molecule has 0 unspecified atom stereocenters. The Morgan fingerprint density at radius 3 is 2.27 bits per heavy atom. The molecule has 232 valence electrons. The van der Waals surface area contributed by atoms with E-state index in [1.165, 1.54) is 12.1 Å². The zero-order valence-electron chi connectivity index (χ0n) is 24.3. The summed E-state index contributed by atoms with van der Waals surface area (Å²) in [6.07, 6.45) is 1.22. The standard InChI is InChI=1S/C33H34FN7O3.3H2/c1-2-32(42)36-24-6-3-5-23(19-24)29-22-31(35-26-9-10-30(28(34)21-26)41-13-17-44-18-14-41)39-33(38-29)37-25-7-4-8-27(20-25)40-11-15-43-16-12-40;;;/h2-10,19-22H,1,11-18H2,(H,36,42)(H2,35,37,38,39);3*1H. The molecular formula is C33H40FN7O3. The lowest BCUT2D eigenvalue weighted by Gasteiger charge is -2.29. The molecule has 2 fully saturated rings. The Balaban J connectivity index is 0.00000200. The van der Waals surface area contributed by atoms with Crippen molar-refractivity contribution in [3.05, 3.63) is 91.3 Å². The molecule has 2 aliphatic heterocycles. The number of nitrogens with one attached hydrogen (secondary N) is 3. The Morgan fingerprint density at radius 2 is 1.52 bits per heavy atom. The van der Waals surface area contributed by atoms with Crippen LogP contribution in [0.2, 0.25) is 0 Å². The number of anilines is 7. The summed E-state index contributed by atoms with van der Waals surface area (Å²) in [5.74, 6) is 0.198. The zero-order chi connectivity index (χ0) is 30.3. The number of morpholine rings is 2. The van der Waals surface area contributed by atoms with E-state index in [1.54, 1.807) is 18.2 Å². The van der Waals surface area contributed by atoms with Gasteiger partial charge in [0.2, 0.25) is 11.9 Å². The van der Waals surface area contributed by atoms with Gasteiger partial charge in [-0.15, -0.1) is 0 Å². The van der Waals surface area contributed by atoms with Gasteiger partial charge in [-0.05, 0) is 54.6 Å². The lowest BCUT2D eigenvalue weighted by Crippen LogP contribution is -2.36. The van der Waals surface area contributed by atoms with Gasteiger partial charge in [0, 0.05) is 64.8 Å². The Hall–Kier alpha value is -5.00. The van der Waals surface area contributed by atoms with Crippen molar-refractivity contribution < 1.29 is 22.9 Å². The summed E-state index contributed by atoms with van der Waals surface area (Å²) in [5, 5.41) is 9.38. The summed E-state index contributed by atoms with van der Waals surface area (Å²) in [4.78, 5) is 25.7. The average Bonchev–Trinajstić information content (AvgIpc) is 3.06. The molecule has 11 heteroatoms. The van der Waals surface area contributed by atoms with Crippen molar-refractivity contribution in [1.82, 2.24) is 9.97 Å². The van der Waals surface area contributed by atoms with Crippen LogP contribution in [-0.2, 0) is 14.3 Å². The van der Waals surface area contributed by atoms with Crippen LogP contribution in [0.4, 0.5) is 44.6 Å². The van der Waals surface area contributed by atoms with Crippen LogP contribution in [0.5, 0.6) is 0 Å². The van der Waals surface area contributed by atoms with Gasteiger partial charge in [0.1, 0.15) is 11.6 Å². The molecular weight excluding hydrogens is 561 g/mol. The third-order valence-corrected chi connectivity index (χ3v) is 7.39. The third kappa shape index (κ3) is 7.13. The summed E-state index contributed by atoms with van der Waals surface area (Å²) in [6, 6.07) is 22.3. The highest BCUT2D eigenvalue weighted by molar-refractivity contribution is 5.99. The number of hydrogen-bond donors (Lipinski definition) is 3. The normalized spacial score (nSPS) is 15.0. The Bertz CT molecular complexity index is 1650. The number of carbonyl (C=O) groups excluding carboxylic acids is 1. The lowest BCUT2D eigenvalue weighted by atomic mass is 10.1. The van der Waals surface area contributed by atoms with Gasteiger partial charge in [0.15, 0.2) is 0 Å². The molecule has 0 saturated carbocycles. The molecule has 1 amide bonds. The Morgan fingerprint density at radius 1 is 0.818 bits per heavy atom. The first kappa shape index (κ1) is 29.1. The molecule has 0 bridgehead atoms. The second kappa shape index (κ2) is 13.5. The van der Waals surface area contributed by atoms with Crippen molar-refractivity contribution in [1.29, 1.82) is 0 Å². The summed E-state index contributed by atoms with van der Waals surface area (Å²) < 4.78 is 26.1. The van der Waals surface area contributed by atoms with Crippen molar-refractivity contribution >= 4 is 46.1 Å². The minimum absolute atomic E-state index is 0. The van der Waals surface area contributed by atoms with E-state index in [4.69, 9.17) is 19.4 Å². The van der Waals surface area contributed by atoms with Gasteiger partial charge in [-0.3, -0.25) is 4.79 Å². The number of ether oxygens (including phenoxy) is 2. The van der Waals surface area contributed by atoms with Crippen molar-refractivity contribution in [3.8, 4) is 11.3 Å². The quantitative estimate of drug-likeness (QED) is 0.191. The van der Waals surface area contributed by atoms with Crippen LogP contribution >= 0.6 is 0 Å². The highest BCUT2D eigenvalue weighted by atomic mass is 19.1. The highest BCUT2D eigenvalue weighted by Crippen LogP contribution is 2.30. The number of halogens is 1. The molecule has 3 heterocycles. The van der Waals surface area contributed by atoms with Crippen molar-refractivity contribution in [3.63, 3.8) is 0 Å². The molecule has 0 radical (unpaired) electrons. The number of amides is 1. The summed E-state index contributed by atoms with van der Waals surface area (Å²) >= 11 is 0. The van der Waals surface area contributed by atoms with Crippen LogP contribution in [-0.4, -0.2) is 68.5 Å². The van der Waals surface area contributed by atoms with Crippen LogP contribution in [0.3, 0.4) is 0 Å². The van der Waals surface area contributed by atoms with Crippen molar-refractivity contribution in [2.24, 2.45) is 0 Å². The smallest absolute Gasteiger partial charge is 0.247 e. The molecule has 6 rings (SSSR count). The van der Waals surface area contributed by atoms with Crippen molar-refractivity contribution in [2.45, 2.75) is 0 Å². The molecule has 10 nitrogen and oxygen atoms in total. The fourth-order valence-electron chi connectivity index (χ4n) is 5.19. The van der Waals surface area contributed by atoms with E-state index < -0.39 is 0 Å². The van der Waals surface area contributed by atoms with Crippen LogP contribution in [0, 0.1) is 5.82 Å².